The van der Waals surface area contributed by atoms with E-state index in [1.54, 1.807) is 6.07 Å². The van der Waals surface area contributed by atoms with Crippen LogP contribution < -0.4 is 10.6 Å². The molecule has 2 N–H and O–H groups in total. The molecule has 37 heavy (non-hydrogen) atoms. The van der Waals surface area contributed by atoms with Crippen LogP contribution in [0, 0.1) is 5.82 Å². The number of benzene rings is 1. The molecule has 0 spiro atoms. The summed E-state index contributed by atoms with van der Waals surface area (Å²) in [4.78, 5) is 12.9. The molecule has 0 unspecified atom stereocenters. The third-order valence-corrected chi connectivity index (χ3v) is 10.0. The monoisotopic (exact) mass is 553 g/mol. The fourth-order valence-electron chi connectivity index (χ4n) is 5.28. The van der Waals surface area contributed by atoms with Crippen molar-refractivity contribution >= 4 is 39.1 Å². The van der Waals surface area contributed by atoms with Crippen molar-refractivity contribution in [2.45, 2.75) is 62.6 Å². The summed E-state index contributed by atoms with van der Waals surface area (Å²) in [6.45, 7) is 10.9. The number of piperazine rings is 1. The number of sulfonamides is 1. The standard InChI is InChI=1S/C25H37ClFN7O2S/c1-24(2)14-18(15-25(3,4)33(24)6)29-22-20(27)16-28-23(31-22)30-17-7-8-21(19(26)13-17)37(35,36)34-11-9-32(5)10-12-34/h7-8,13,16,18H,9-12,14-15H2,1-6H3,(H2,28,29,30,31). The van der Waals surface area contributed by atoms with Crippen LogP contribution in [0.2, 0.25) is 5.02 Å². The molecule has 2 aromatic rings. The number of nitrogens with one attached hydrogen (secondary N) is 2. The van der Waals surface area contributed by atoms with Crippen molar-refractivity contribution in [1.29, 1.82) is 0 Å². The molecule has 2 saturated heterocycles. The average Bonchev–Trinajstić information content (AvgIpc) is 2.79. The zero-order valence-corrected chi connectivity index (χ0v) is 23.9. The van der Waals surface area contributed by atoms with E-state index in [9.17, 15) is 12.8 Å². The summed E-state index contributed by atoms with van der Waals surface area (Å²) in [6.07, 6.45) is 2.78. The molecule has 0 amide bonds. The van der Waals surface area contributed by atoms with Crippen LogP contribution >= 0.6 is 11.6 Å². The van der Waals surface area contributed by atoms with E-state index in [0.29, 0.717) is 31.9 Å². The molecule has 3 heterocycles. The first-order valence-corrected chi connectivity index (χ1v) is 14.3. The van der Waals surface area contributed by atoms with Gasteiger partial charge in [-0.05, 0) is 72.8 Å². The Bertz CT molecular complexity index is 1230. The smallest absolute Gasteiger partial charge is 0.244 e. The Balaban J connectivity index is 1.49. The summed E-state index contributed by atoms with van der Waals surface area (Å²) < 4.78 is 42.3. The van der Waals surface area contributed by atoms with Crippen LogP contribution in [0.4, 0.5) is 21.8 Å². The number of likely N-dealkylation sites (tertiary alicyclic amines) is 1. The lowest BCUT2D eigenvalue weighted by atomic mass is 9.77. The number of hydrogen-bond acceptors (Lipinski definition) is 8. The quantitative estimate of drug-likeness (QED) is 0.554. The summed E-state index contributed by atoms with van der Waals surface area (Å²) in [5.74, 6) is -0.230. The lowest BCUT2D eigenvalue weighted by Crippen LogP contribution is -2.61. The van der Waals surface area contributed by atoms with Crippen molar-refractivity contribution in [3.05, 3.63) is 35.2 Å². The topological polar surface area (TPSA) is 93.7 Å². The highest BCUT2D eigenvalue weighted by Crippen LogP contribution is 2.38. The van der Waals surface area contributed by atoms with Gasteiger partial charge in [0.25, 0.3) is 0 Å². The Hall–Kier alpha value is -2.05. The average molecular weight is 554 g/mol. The zero-order valence-electron chi connectivity index (χ0n) is 22.3. The summed E-state index contributed by atoms with van der Waals surface area (Å²) in [7, 11) is 0.380. The second-order valence-corrected chi connectivity index (χ2v) is 13.6. The third-order valence-electron chi connectivity index (χ3n) is 7.66. The lowest BCUT2D eigenvalue weighted by Gasteiger charge is -2.53. The minimum absolute atomic E-state index is 0.0342. The Morgan fingerprint density at radius 1 is 1.05 bits per heavy atom. The Morgan fingerprint density at radius 3 is 2.27 bits per heavy atom. The van der Waals surface area contributed by atoms with Crippen molar-refractivity contribution in [3.8, 4) is 0 Å². The van der Waals surface area contributed by atoms with Crippen molar-refractivity contribution in [1.82, 2.24) is 24.1 Å². The molecule has 0 bridgehead atoms. The van der Waals surface area contributed by atoms with E-state index in [0.717, 1.165) is 19.0 Å². The van der Waals surface area contributed by atoms with Gasteiger partial charge in [0.15, 0.2) is 11.6 Å². The van der Waals surface area contributed by atoms with Crippen molar-refractivity contribution in [2.24, 2.45) is 0 Å². The maximum Gasteiger partial charge on any atom is 0.244 e. The molecule has 1 aromatic carbocycles. The van der Waals surface area contributed by atoms with Crippen LogP contribution in [0.25, 0.3) is 0 Å². The maximum absolute atomic E-state index is 14.7. The highest BCUT2D eigenvalue weighted by molar-refractivity contribution is 7.89. The van der Waals surface area contributed by atoms with Gasteiger partial charge in [-0.2, -0.15) is 9.29 Å². The Labute approximate surface area is 224 Å². The molecule has 0 atom stereocenters. The van der Waals surface area contributed by atoms with Crippen LogP contribution in [0.3, 0.4) is 0 Å². The zero-order chi connectivity index (χ0) is 27.2. The SMILES string of the molecule is CN1CCN(S(=O)(=O)c2ccc(Nc3ncc(F)c(NC4CC(C)(C)N(C)C(C)(C)C4)n3)cc2Cl)CC1. The van der Waals surface area contributed by atoms with Crippen molar-refractivity contribution < 1.29 is 12.8 Å². The summed E-state index contributed by atoms with van der Waals surface area (Å²) >= 11 is 6.41. The number of aromatic nitrogens is 2. The number of piperidine rings is 1. The van der Waals surface area contributed by atoms with Crippen LogP contribution in [-0.4, -0.2) is 89.9 Å². The van der Waals surface area contributed by atoms with Gasteiger partial charge in [-0.15, -0.1) is 0 Å². The summed E-state index contributed by atoms with van der Waals surface area (Å²) in [6, 6.07) is 4.64. The highest BCUT2D eigenvalue weighted by atomic mass is 35.5. The van der Waals surface area contributed by atoms with E-state index in [1.165, 1.54) is 16.4 Å². The first-order valence-electron chi connectivity index (χ1n) is 12.5. The van der Waals surface area contributed by atoms with E-state index in [-0.39, 0.29) is 38.8 Å². The van der Waals surface area contributed by atoms with Gasteiger partial charge in [0.2, 0.25) is 16.0 Å². The minimum atomic E-state index is -3.70. The van der Waals surface area contributed by atoms with E-state index < -0.39 is 15.8 Å². The number of nitrogens with zero attached hydrogens (tertiary/aromatic N) is 5. The molecule has 12 heteroatoms. The molecule has 4 rings (SSSR count). The van der Waals surface area contributed by atoms with Crippen LogP contribution in [-0.2, 0) is 10.0 Å². The van der Waals surface area contributed by atoms with Gasteiger partial charge in [0, 0.05) is 49.0 Å². The van der Waals surface area contributed by atoms with Gasteiger partial charge in [0.05, 0.1) is 11.2 Å². The van der Waals surface area contributed by atoms with Crippen LogP contribution in [0.5, 0.6) is 0 Å². The predicted molar refractivity (Wildman–Crippen MR) is 146 cm³/mol. The molecule has 2 aliphatic rings. The molecular weight excluding hydrogens is 517 g/mol. The number of likely N-dealkylation sites (N-methyl/N-ethyl adjacent to an activating group) is 1. The fraction of sp³-hybridized carbons (Fsp3) is 0.600. The van der Waals surface area contributed by atoms with Crippen molar-refractivity contribution in [2.75, 3.05) is 50.9 Å². The molecule has 0 saturated carbocycles. The third kappa shape index (κ3) is 6.01. The van der Waals surface area contributed by atoms with Gasteiger partial charge < -0.3 is 15.5 Å². The first kappa shape index (κ1) is 28.0. The van der Waals surface area contributed by atoms with E-state index >= 15 is 0 Å². The molecular formula is C25H37ClFN7O2S. The summed E-state index contributed by atoms with van der Waals surface area (Å²) in [5.41, 5.74) is 0.376. The van der Waals surface area contributed by atoms with E-state index in [4.69, 9.17) is 11.6 Å². The number of rotatable bonds is 6. The second kappa shape index (κ2) is 10.3. The van der Waals surface area contributed by atoms with E-state index in [1.807, 2.05) is 7.05 Å². The fourth-order valence-corrected chi connectivity index (χ4v) is 7.22. The molecule has 2 aliphatic heterocycles. The number of halogens is 2. The highest BCUT2D eigenvalue weighted by Gasteiger charge is 2.43. The minimum Gasteiger partial charge on any atom is -0.365 e. The van der Waals surface area contributed by atoms with Crippen LogP contribution in [0.15, 0.2) is 29.3 Å². The normalized spacial score (nSPS) is 21.6. The molecule has 9 nitrogen and oxygen atoms in total. The van der Waals surface area contributed by atoms with Gasteiger partial charge in [-0.3, -0.25) is 4.90 Å². The Morgan fingerprint density at radius 2 is 1.68 bits per heavy atom. The summed E-state index contributed by atoms with van der Waals surface area (Å²) in [5, 5.41) is 6.39. The predicted octanol–water partition coefficient (Wildman–Crippen LogP) is 4.01. The van der Waals surface area contributed by atoms with Gasteiger partial charge in [0.1, 0.15) is 4.90 Å². The van der Waals surface area contributed by atoms with Gasteiger partial charge in [-0.1, -0.05) is 11.6 Å². The molecule has 2 fully saturated rings. The largest absolute Gasteiger partial charge is 0.365 e. The molecule has 1 aromatic heterocycles. The maximum atomic E-state index is 14.7. The molecule has 204 valence electrons. The van der Waals surface area contributed by atoms with Gasteiger partial charge >= 0.3 is 0 Å². The Kier molecular flexibility index (Phi) is 7.75. The number of hydrogen-bond donors (Lipinski definition) is 2. The molecule has 0 radical (unpaired) electrons. The molecule has 0 aliphatic carbocycles. The first-order chi connectivity index (χ1) is 17.2. The number of anilines is 3. The van der Waals surface area contributed by atoms with Gasteiger partial charge in [-0.25, -0.2) is 17.8 Å². The second-order valence-electron chi connectivity index (χ2n) is 11.3. The van der Waals surface area contributed by atoms with Crippen LogP contribution in [0.1, 0.15) is 40.5 Å². The van der Waals surface area contributed by atoms with E-state index in [2.05, 4.69) is 65.1 Å². The van der Waals surface area contributed by atoms with Crippen molar-refractivity contribution in [3.63, 3.8) is 0 Å². The lowest BCUT2D eigenvalue weighted by molar-refractivity contribution is -0.00778.